The van der Waals surface area contributed by atoms with Gasteiger partial charge in [-0.25, -0.2) is 9.18 Å². The molecule has 1 atom stereocenters. The third kappa shape index (κ3) is 3.76. The summed E-state index contributed by atoms with van der Waals surface area (Å²) in [5.74, 6) is -0.364. The lowest BCUT2D eigenvalue weighted by Crippen LogP contribution is -2.43. The first kappa shape index (κ1) is 16.1. The van der Waals surface area contributed by atoms with Gasteiger partial charge in [-0.1, -0.05) is 25.1 Å². The van der Waals surface area contributed by atoms with E-state index in [0.29, 0.717) is 24.2 Å². The fraction of sp³-hybridized carbons (Fsp3) is 0.500. The Labute approximate surface area is 117 Å². The van der Waals surface area contributed by atoms with Crippen molar-refractivity contribution in [3.63, 3.8) is 0 Å². The molecule has 5 nitrogen and oxygen atoms in total. The molecule has 1 aromatic rings. The van der Waals surface area contributed by atoms with Gasteiger partial charge in [0.2, 0.25) is 0 Å². The average molecular weight is 282 g/mol. The lowest BCUT2D eigenvalue weighted by atomic mass is 10.1. The van der Waals surface area contributed by atoms with Crippen LogP contribution < -0.4 is 4.90 Å². The van der Waals surface area contributed by atoms with Crippen LogP contribution in [0.2, 0.25) is 0 Å². The van der Waals surface area contributed by atoms with Crippen LogP contribution in [0.3, 0.4) is 0 Å². The van der Waals surface area contributed by atoms with Crippen molar-refractivity contribution in [2.45, 2.75) is 33.3 Å². The quantitative estimate of drug-likeness (QED) is 0.795. The Morgan fingerprint density at radius 1 is 1.45 bits per heavy atom. The molecule has 1 fully saturated rings. The van der Waals surface area contributed by atoms with E-state index in [1.54, 1.807) is 19.1 Å². The lowest BCUT2D eigenvalue weighted by Gasteiger charge is -2.30. The number of hydrogen-bond acceptors (Lipinski definition) is 4. The highest BCUT2D eigenvalue weighted by molar-refractivity contribution is 5.88. The molecule has 0 aromatic heterocycles. The molecule has 6 heteroatoms. The van der Waals surface area contributed by atoms with Crippen LogP contribution in [0.15, 0.2) is 23.4 Å². The summed E-state index contributed by atoms with van der Waals surface area (Å²) in [6.07, 6.45) is -0.535. The van der Waals surface area contributed by atoms with Gasteiger partial charge in [0.25, 0.3) is 0 Å². The molecule has 0 saturated carbocycles. The van der Waals surface area contributed by atoms with Gasteiger partial charge < -0.3 is 4.74 Å². The molecule has 1 saturated heterocycles. The van der Waals surface area contributed by atoms with Crippen molar-refractivity contribution in [3.05, 3.63) is 34.5 Å². The number of hydrogen-bond donors (Lipinski definition) is 0. The van der Waals surface area contributed by atoms with E-state index in [1.807, 2.05) is 13.8 Å². The number of ether oxygens (including phenoxy) is 1. The van der Waals surface area contributed by atoms with Gasteiger partial charge in [-0.15, -0.1) is 0 Å². The molecular weight excluding hydrogens is 263 g/mol. The number of benzene rings is 1. The summed E-state index contributed by atoms with van der Waals surface area (Å²) in [7, 11) is 0. The van der Waals surface area contributed by atoms with Crippen LogP contribution >= 0.6 is 0 Å². The number of aryl methyl sites for hydroxylation is 1. The van der Waals surface area contributed by atoms with Crippen LogP contribution in [0, 0.1) is 17.6 Å². The van der Waals surface area contributed by atoms with Crippen molar-refractivity contribution in [2.75, 3.05) is 18.0 Å². The molecule has 1 aromatic carbocycles. The maximum Gasteiger partial charge on any atom is 0.414 e. The predicted octanol–water partition coefficient (Wildman–Crippen LogP) is 3.64. The normalized spacial score (nSPS) is 17.9. The Morgan fingerprint density at radius 3 is 2.70 bits per heavy atom. The largest absolute Gasteiger partial charge is 0.444 e. The first-order valence-electron chi connectivity index (χ1n) is 6.65. The van der Waals surface area contributed by atoms with E-state index in [4.69, 9.17) is 4.74 Å². The number of amides is 1. The second-order valence-electron chi connectivity index (χ2n) is 4.19. The Morgan fingerprint density at radius 2 is 2.15 bits per heavy atom. The molecule has 1 amide bonds. The van der Waals surface area contributed by atoms with E-state index in [2.05, 4.69) is 5.18 Å². The number of nitroso groups, excluding NO2 is 1. The van der Waals surface area contributed by atoms with E-state index in [9.17, 15) is 14.1 Å². The summed E-state index contributed by atoms with van der Waals surface area (Å²) in [4.78, 5) is 23.2. The van der Waals surface area contributed by atoms with Crippen molar-refractivity contribution in [3.8, 4) is 0 Å². The topological polar surface area (TPSA) is 59.0 Å². The summed E-state index contributed by atoms with van der Waals surface area (Å²) < 4.78 is 18.5. The Balaban J connectivity index is 0.000000956. The molecular formula is C14H19FN2O3. The second-order valence-corrected chi connectivity index (χ2v) is 4.19. The van der Waals surface area contributed by atoms with Crippen LogP contribution in [0.5, 0.6) is 0 Å². The van der Waals surface area contributed by atoms with Crippen LogP contribution in [0.4, 0.5) is 14.9 Å². The minimum Gasteiger partial charge on any atom is -0.444 e. The summed E-state index contributed by atoms with van der Waals surface area (Å²) in [5, 5.41) is 2.71. The maximum atomic E-state index is 13.4. The number of nitrogens with zero attached hydrogens (tertiary/aromatic N) is 2. The van der Waals surface area contributed by atoms with Gasteiger partial charge in [-0.3, -0.25) is 4.90 Å². The fourth-order valence-electron chi connectivity index (χ4n) is 1.83. The molecule has 0 aliphatic carbocycles. The molecule has 0 radical (unpaired) electrons. The summed E-state index contributed by atoms with van der Waals surface area (Å²) >= 11 is 0. The van der Waals surface area contributed by atoms with Crippen molar-refractivity contribution in [1.82, 2.24) is 0 Å². The number of rotatable bonds is 3. The van der Waals surface area contributed by atoms with Gasteiger partial charge in [0.1, 0.15) is 18.5 Å². The van der Waals surface area contributed by atoms with Crippen LogP contribution in [0.25, 0.3) is 0 Å². The number of halogens is 1. The number of carbonyl (C=O) groups is 1. The third-order valence-electron chi connectivity index (χ3n) is 2.91. The van der Waals surface area contributed by atoms with Crippen molar-refractivity contribution < 1.29 is 13.9 Å². The third-order valence-corrected chi connectivity index (χ3v) is 2.91. The standard InChI is InChI=1S/C12H13FN2O3.C2H6/c1-8-2-3-9(6-11(8)13)15-5-4-10(7-14-17)18-12(15)16;1-2/h2-3,6,10H,4-5,7H2,1H3;1-2H3. The minimum atomic E-state index is -0.571. The van der Waals surface area contributed by atoms with Crippen molar-refractivity contribution in [1.29, 1.82) is 0 Å². The maximum absolute atomic E-state index is 13.4. The molecule has 0 spiro atoms. The van der Waals surface area contributed by atoms with Gasteiger partial charge in [-0.2, -0.15) is 4.91 Å². The molecule has 20 heavy (non-hydrogen) atoms. The molecule has 0 bridgehead atoms. The highest BCUT2D eigenvalue weighted by atomic mass is 19.1. The van der Waals surface area contributed by atoms with Crippen LogP contribution in [-0.4, -0.2) is 25.3 Å². The zero-order valence-electron chi connectivity index (χ0n) is 11.9. The Kier molecular flexibility index (Phi) is 6.09. The molecule has 110 valence electrons. The van der Waals surface area contributed by atoms with Crippen LogP contribution in [-0.2, 0) is 4.74 Å². The SMILES string of the molecule is CC.Cc1ccc(N2CCC(CN=O)OC2=O)cc1F. The van der Waals surface area contributed by atoms with E-state index in [-0.39, 0.29) is 12.4 Å². The summed E-state index contributed by atoms with van der Waals surface area (Å²) in [5.41, 5.74) is 0.979. The van der Waals surface area contributed by atoms with E-state index >= 15 is 0 Å². The predicted molar refractivity (Wildman–Crippen MR) is 75.4 cm³/mol. The van der Waals surface area contributed by atoms with Crippen LogP contribution in [0.1, 0.15) is 25.8 Å². The second kappa shape index (κ2) is 7.57. The zero-order valence-corrected chi connectivity index (χ0v) is 11.9. The monoisotopic (exact) mass is 282 g/mol. The lowest BCUT2D eigenvalue weighted by molar-refractivity contribution is 0.0889. The molecule has 1 unspecified atom stereocenters. The van der Waals surface area contributed by atoms with E-state index in [1.165, 1.54) is 11.0 Å². The zero-order chi connectivity index (χ0) is 15.1. The minimum absolute atomic E-state index is 0.0398. The van der Waals surface area contributed by atoms with Gasteiger partial charge in [0.15, 0.2) is 0 Å². The molecule has 1 heterocycles. The first-order chi connectivity index (χ1) is 9.61. The summed E-state index contributed by atoms with van der Waals surface area (Å²) in [6.45, 7) is 6.00. The van der Waals surface area contributed by atoms with Crippen molar-refractivity contribution >= 4 is 11.8 Å². The van der Waals surface area contributed by atoms with E-state index < -0.39 is 12.2 Å². The fourth-order valence-corrected chi connectivity index (χ4v) is 1.83. The average Bonchev–Trinajstić information content (AvgIpc) is 2.45. The Bertz CT molecular complexity index is 479. The molecule has 1 aliphatic rings. The highest BCUT2D eigenvalue weighted by Gasteiger charge is 2.28. The first-order valence-corrected chi connectivity index (χ1v) is 6.65. The Hall–Kier alpha value is -1.98. The van der Waals surface area contributed by atoms with E-state index in [0.717, 1.165) is 0 Å². The molecule has 1 aliphatic heterocycles. The van der Waals surface area contributed by atoms with Crippen molar-refractivity contribution in [2.24, 2.45) is 5.18 Å². The number of carbonyl (C=O) groups excluding carboxylic acids is 1. The molecule has 0 N–H and O–H groups in total. The van der Waals surface area contributed by atoms with Gasteiger partial charge >= 0.3 is 6.09 Å². The highest BCUT2D eigenvalue weighted by Crippen LogP contribution is 2.23. The summed E-state index contributed by atoms with van der Waals surface area (Å²) in [6, 6.07) is 4.57. The smallest absolute Gasteiger partial charge is 0.414 e. The number of cyclic esters (lactones) is 1. The van der Waals surface area contributed by atoms with Gasteiger partial charge in [0, 0.05) is 18.7 Å². The number of anilines is 1. The van der Waals surface area contributed by atoms with Gasteiger partial charge in [0.05, 0.1) is 0 Å². The van der Waals surface area contributed by atoms with Gasteiger partial charge in [-0.05, 0) is 24.6 Å². The molecule has 2 rings (SSSR count).